The zero-order valence-corrected chi connectivity index (χ0v) is 13.6. The van der Waals surface area contributed by atoms with Crippen LogP contribution in [-0.4, -0.2) is 37.5 Å². The summed E-state index contributed by atoms with van der Waals surface area (Å²) >= 11 is 0. The van der Waals surface area contributed by atoms with Crippen molar-refractivity contribution in [2.75, 3.05) is 6.54 Å². The first-order valence-corrected chi connectivity index (χ1v) is 8.24. The van der Waals surface area contributed by atoms with E-state index < -0.39 is 0 Å². The van der Waals surface area contributed by atoms with E-state index in [4.69, 9.17) is 4.52 Å². The topological polar surface area (TPSA) is 85.0 Å². The molecule has 0 bridgehead atoms. The van der Waals surface area contributed by atoms with E-state index in [-0.39, 0.29) is 11.9 Å². The molecule has 1 fully saturated rings. The highest BCUT2D eigenvalue weighted by Crippen LogP contribution is 2.32. The van der Waals surface area contributed by atoms with Crippen molar-refractivity contribution in [2.24, 2.45) is 0 Å². The van der Waals surface area contributed by atoms with Crippen molar-refractivity contribution in [1.29, 1.82) is 0 Å². The van der Waals surface area contributed by atoms with Crippen molar-refractivity contribution < 1.29 is 9.32 Å². The van der Waals surface area contributed by atoms with Gasteiger partial charge in [0.2, 0.25) is 17.6 Å². The average molecular weight is 335 g/mol. The fraction of sp³-hybridized carbons (Fsp3) is 0.278. The van der Waals surface area contributed by atoms with Gasteiger partial charge in [0.25, 0.3) is 0 Å². The third-order valence-corrected chi connectivity index (χ3v) is 4.27. The SMILES string of the molecule is O=C(Cc1cccnc1)N1CCC[C@H]1c1nc(-c2ccccn2)no1. The van der Waals surface area contributed by atoms with Crippen LogP contribution in [0.2, 0.25) is 0 Å². The number of carbonyl (C=O) groups is 1. The van der Waals surface area contributed by atoms with Crippen molar-refractivity contribution in [3.05, 3.63) is 60.4 Å². The molecular formula is C18H17N5O2. The van der Waals surface area contributed by atoms with Crippen LogP contribution in [0.25, 0.3) is 11.5 Å². The quantitative estimate of drug-likeness (QED) is 0.728. The van der Waals surface area contributed by atoms with Gasteiger partial charge in [0.05, 0.1) is 6.42 Å². The lowest BCUT2D eigenvalue weighted by Gasteiger charge is -2.21. The molecule has 0 radical (unpaired) electrons. The smallest absolute Gasteiger partial charge is 0.249 e. The third kappa shape index (κ3) is 3.26. The molecule has 1 amide bonds. The van der Waals surface area contributed by atoms with Gasteiger partial charge in [0.1, 0.15) is 11.7 Å². The highest BCUT2D eigenvalue weighted by Gasteiger charge is 2.34. The molecule has 126 valence electrons. The fourth-order valence-corrected chi connectivity index (χ4v) is 3.07. The van der Waals surface area contributed by atoms with Crippen LogP contribution >= 0.6 is 0 Å². The Morgan fingerprint density at radius 3 is 3.00 bits per heavy atom. The van der Waals surface area contributed by atoms with E-state index in [0.29, 0.717) is 30.4 Å². The second-order valence-electron chi connectivity index (χ2n) is 5.95. The molecule has 1 aliphatic heterocycles. The van der Waals surface area contributed by atoms with Gasteiger partial charge in [-0.1, -0.05) is 17.3 Å². The standard InChI is InChI=1S/C18H17N5O2/c24-16(11-13-5-3-8-19-12-13)23-10-4-7-15(23)18-21-17(22-25-18)14-6-1-2-9-20-14/h1-3,5-6,8-9,12,15H,4,7,10-11H2/t15-/m0/s1. The number of aromatic nitrogens is 4. The summed E-state index contributed by atoms with van der Waals surface area (Å²) in [4.78, 5) is 27.2. The van der Waals surface area contributed by atoms with Crippen LogP contribution in [0.1, 0.15) is 30.3 Å². The van der Waals surface area contributed by atoms with Crippen LogP contribution in [0.3, 0.4) is 0 Å². The maximum absolute atomic E-state index is 12.7. The van der Waals surface area contributed by atoms with Crippen LogP contribution in [0.5, 0.6) is 0 Å². The average Bonchev–Trinajstić information content (AvgIpc) is 3.32. The maximum Gasteiger partial charge on any atom is 0.249 e. The van der Waals surface area contributed by atoms with E-state index in [0.717, 1.165) is 18.4 Å². The largest absolute Gasteiger partial charge is 0.337 e. The molecule has 0 aromatic carbocycles. The van der Waals surface area contributed by atoms with Gasteiger partial charge in [0.15, 0.2) is 0 Å². The van der Waals surface area contributed by atoms with E-state index >= 15 is 0 Å². The monoisotopic (exact) mass is 335 g/mol. The van der Waals surface area contributed by atoms with Crippen molar-refractivity contribution in [1.82, 2.24) is 25.0 Å². The Kier molecular flexibility index (Phi) is 4.20. The number of rotatable bonds is 4. The molecule has 3 aromatic heterocycles. The summed E-state index contributed by atoms with van der Waals surface area (Å²) in [6.45, 7) is 0.699. The molecule has 0 spiro atoms. The first kappa shape index (κ1) is 15.4. The summed E-state index contributed by atoms with van der Waals surface area (Å²) in [6.07, 6.45) is 7.17. The third-order valence-electron chi connectivity index (χ3n) is 4.27. The Morgan fingerprint density at radius 2 is 2.20 bits per heavy atom. The van der Waals surface area contributed by atoms with Crippen molar-refractivity contribution in [2.45, 2.75) is 25.3 Å². The Labute approximate surface area is 144 Å². The van der Waals surface area contributed by atoms with Crippen LogP contribution in [0, 0.1) is 0 Å². The number of amides is 1. The van der Waals surface area contributed by atoms with Gasteiger partial charge in [-0.2, -0.15) is 4.98 Å². The molecule has 0 unspecified atom stereocenters. The number of nitrogens with zero attached hydrogens (tertiary/aromatic N) is 5. The van der Waals surface area contributed by atoms with E-state index in [2.05, 4.69) is 20.1 Å². The molecule has 0 aliphatic carbocycles. The van der Waals surface area contributed by atoms with Gasteiger partial charge in [-0.25, -0.2) is 0 Å². The highest BCUT2D eigenvalue weighted by atomic mass is 16.5. The van der Waals surface area contributed by atoms with Gasteiger partial charge >= 0.3 is 0 Å². The summed E-state index contributed by atoms with van der Waals surface area (Å²) in [5.74, 6) is 0.966. The molecule has 4 heterocycles. The molecular weight excluding hydrogens is 318 g/mol. The molecule has 25 heavy (non-hydrogen) atoms. The van der Waals surface area contributed by atoms with E-state index in [1.54, 1.807) is 18.6 Å². The predicted molar refractivity (Wildman–Crippen MR) is 89.2 cm³/mol. The first-order chi connectivity index (χ1) is 12.3. The zero-order chi connectivity index (χ0) is 17.1. The van der Waals surface area contributed by atoms with Crippen LogP contribution in [0.15, 0.2) is 53.4 Å². The first-order valence-electron chi connectivity index (χ1n) is 8.24. The molecule has 0 N–H and O–H groups in total. The lowest BCUT2D eigenvalue weighted by atomic mass is 10.1. The molecule has 1 aliphatic rings. The summed E-state index contributed by atoms with van der Waals surface area (Å²) in [5, 5.41) is 4.01. The number of hydrogen-bond donors (Lipinski definition) is 0. The van der Waals surface area contributed by atoms with E-state index in [9.17, 15) is 4.79 Å². The van der Waals surface area contributed by atoms with Crippen molar-refractivity contribution >= 4 is 5.91 Å². The molecule has 3 aromatic rings. The highest BCUT2D eigenvalue weighted by molar-refractivity contribution is 5.79. The lowest BCUT2D eigenvalue weighted by molar-refractivity contribution is -0.131. The lowest BCUT2D eigenvalue weighted by Crippen LogP contribution is -2.32. The summed E-state index contributed by atoms with van der Waals surface area (Å²) < 4.78 is 5.43. The Bertz CT molecular complexity index is 850. The fourth-order valence-electron chi connectivity index (χ4n) is 3.07. The minimum Gasteiger partial charge on any atom is -0.337 e. The number of hydrogen-bond acceptors (Lipinski definition) is 6. The summed E-state index contributed by atoms with van der Waals surface area (Å²) in [5.41, 5.74) is 1.56. The molecule has 7 nitrogen and oxygen atoms in total. The summed E-state index contributed by atoms with van der Waals surface area (Å²) in [6, 6.07) is 9.10. The van der Waals surface area contributed by atoms with Crippen LogP contribution in [-0.2, 0) is 11.2 Å². The van der Waals surface area contributed by atoms with Gasteiger partial charge in [-0.15, -0.1) is 0 Å². The Morgan fingerprint density at radius 1 is 1.24 bits per heavy atom. The molecule has 4 rings (SSSR count). The normalized spacial score (nSPS) is 17.0. The van der Waals surface area contributed by atoms with Crippen LogP contribution < -0.4 is 0 Å². The Hall–Kier alpha value is -3.09. The minimum absolute atomic E-state index is 0.0492. The predicted octanol–water partition coefficient (Wildman–Crippen LogP) is 2.43. The van der Waals surface area contributed by atoms with E-state index in [1.807, 2.05) is 35.2 Å². The number of carbonyl (C=O) groups excluding carboxylic acids is 1. The van der Waals surface area contributed by atoms with Gasteiger partial charge in [0, 0.05) is 25.1 Å². The zero-order valence-electron chi connectivity index (χ0n) is 13.6. The van der Waals surface area contributed by atoms with E-state index in [1.165, 1.54) is 0 Å². The Balaban J connectivity index is 1.52. The maximum atomic E-state index is 12.7. The van der Waals surface area contributed by atoms with Crippen molar-refractivity contribution in [3.63, 3.8) is 0 Å². The van der Waals surface area contributed by atoms with Gasteiger partial charge < -0.3 is 9.42 Å². The molecule has 0 saturated carbocycles. The van der Waals surface area contributed by atoms with Crippen molar-refractivity contribution in [3.8, 4) is 11.5 Å². The second-order valence-corrected chi connectivity index (χ2v) is 5.95. The number of pyridine rings is 2. The second kappa shape index (κ2) is 6.80. The summed E-state index contributed by atoms with van der Waals surface area (Å²) in [7, 11) is 0. The van der Waals surface area contributed by atoms with Crippen LogP contribution in [0.4, 0.5) is 0 Å². The number of likely N-dealkylation sites (tertiary alicyclic amines) is 1. The minimum atomic E-state index is -0.172. The molecule has 1 saturated heterocycles. The van der Waals surface area contributed by atoms with Gasteiger partial charge in [-0.05, 0) is 36.6 Å². The molecule has 7 heteroatoms. The van der Waals surface area contributed by atoms with Gasteiger partial charge in [-0.3, -0.25) is 14.8 Å². The molecule has 1 atom stereocenters.